The van der Waals surface area contributed by atoms with Crippen LogP contribution in [0.2, 0.25) is 0 Å². The molecule has 0 saturated carbocycles. The number of carboxylic acid groups (broad SMARTS) is 1. The normalized spacial score (nSPS) is 10.7. The summed E-state index contributed by atoms with van der Waals surface area (Å²) in [5.41, 5.74) is 0.553. The molecule has 0 fully saturated rings. The highest BCUT2D eigenvalue weighted by atomic mass is 79.9. The average Bonchev–Trinajstić information content (AvgIpc) is 3.07. The van der Waals surface area contributed by atoms with Crippen molar-refractivity contribution in [2.75, 3.05) is 6.61 Å². The van der Waals surface area contributed by atoms with Crippen molar-refractivity contribution in [2.45, 2.75) is 0 Å². The maximum absolute atomic E-state index is 12.7. The van der Waals surface area contributed by atoms with E-state index in [1.807, 2.05) is 35.7 Å². The van der Waals surface area contributed by atoms with Crippen LogP contribution in [0.25, 0.3) is 10.8 Å². The van der Waals surface area contributed by atoms with Gasteiger partial charge < -0.3 is 9.84 Å². The van der Waals surface area contributed by atoms with E-state index in [0.29, 0.717) is 26.0 Å². The zero-order valence-corrected chi connectivity index (χ0v) is 14.2. The van der Waals surface area contributed by atoms with Crippen molar-refractivity contribution in [3.8, 4) is 5.75 Å². The first kappa shape index (κ1) is 15.7. The zero-order valence-electron chi connectivity index (χ0n) is 11.8. The third-order valence-corrected chi connectivity index (χ3v) is 4.74. The van der Waals surface area contributed by atoms with Gasteiger partial charge in [0.05, 0.1) is 9.35 Å². The number of hydrogen-bond donors (Lipinski definition) is 1. The van der Waals surface area contributed by atoms with E-state index >= 15 is 0 Å². The van der Waals surface area contributed by atoms with Crippen LogP contribution in [-0.2, 0) is 4.79 Å². The second-order valence-corrected chi connectivity index (χ2v) is 6.57. The van der Waals surface area contributed by atoms with Crippen molar-refractivity contribution < 1.29 is 19.4 Å². The number of thiophene rings is 1. The number of ketones is 1. The maximum Gasteiger partial charge on any atom is 0.341 e. The molecule has 0 bridgehead atoms. The molecule has 3 aromatic rings. The fourth-order valence-electron chi connectivity index (χ4n) is 2.32. The summed E-state index contributed by atoms with van der Waals surface area (Å²) in [4.78, 5) is 24.1. The summed E-state index contributed by atoms with van der Waals surface area (Å²) in [6, 6.07) is 12.6. The van der Waals surface area contributed by atoms with Crippen LogP contribution in [0.3, 0.4) is 0 Å². The Morgan fingerprint density at radius 2 is 1.87 bits per heavy atom. The molecule has 116 valence electrons. The second kappa shape index (κ2) is 6.52. The van der Waals surface area contributed by atoms with Crippen LogP contribution in [0.5, 0.6) is 5.75 Å². The minimum absolute atomic E-state index is 0.0679. The molecule has 23 heavy (non-hydrogen) atoms. The SMILES string of the molecule is O=C(O)COc1c(Br)cc(C(=O)c2cccs2)c2ccccc12. The van der Waals surface area contributed by atoms with Crippen molar-refractivity contribution in [3.63, 3.8) is 0 Å². The van der Waals surface area contributed by atoms with Crippen molar-refractivity contribution in [1.29, 1.82) is 0 Å². The van der Waals surface area contributed by atoms with Crippen LogP contribution >= 0.6 is 27.3 Å². The summed E-state index contributed by atoms with van der Waals surface area (Å²) >= 11 is 4.77. The van der Waals surface area contributed by atoms with Gasteiger partial charge in [0, 0.05) is 10.9 Å². The van der Waals surface area contributed by atoms with Crippen molar-refractivity contribution in [2.24, 2.45) is 0 Å². The summed E-state index contributed by atoms with van der Waals surface area (Å²) < 4.78 is 5.93. The van der Waals surface area contributed by atoms with Crippen molar-refractivity contribution >= 4 is 49.8 Å². The highest BCUT2D eigenvalue weighted by Crippen LogP contribution is 2.37. The van der Waals surface area contributed by atoms with Gasteiger partial charge in [-0.15, -0.1) is 11.3 Å². The van der Waals surface area contributed by atoms with Gasteiger partial charge in [-0.1, -0.05) is 30.3 Å². The van der Waals surface area contributed by atoms with Crippen LogP contribution in [0.1, 0.15) is 15.2 Å². The highest BCUT2D eigenvalue weighted by Gasteiger charge is 2.18. The first-order chi connectivity index (χ1) is 11.1. The standard InChI is InChI=1S/C17H11BrO4S/c18-13-8-12(16(21)14-6-3-7-23-14)10-4-1-2-5-11(10)17(13)22-9-15(19)20/h1-8H,9H2,(H,19,20). The van der Waals surface area contributed by atoms with Gasteiger partial charge in [0.25, 0.3) is 0 Å². The van der Waals surface area contributed by atoms with Gasteiger partial charge in [-0.25, -0.2) is 4.79 Å². The average molecular weight is 391 g/mol. The lowest BCUT2D eigenvalue weighted by atomic mass is 10.00. The summed E-state index contributed by atoms with van der Waals surface area (Å²) in [5.74, 6) is -0.702. The molecule has 0 atom stereocenters. The minimum Gasteiger partial charge on any atom is -0.480 e. The monoisotopic (exact) mass is 390 g/mol. The van der Waals surface area contributed by atoms with E-state index in [9.17, 15) is 9.59 Å². The van der Waals surface area contributed by atoms with Crippen molar-refractivity contribution in [3.05, 3.63) is 62.8 Å². The molecule has 6 heteroatoms. The zero-order chi connectivity index (χ0) is 16.4. The molecular formula is C17H11BrO4S. The third kappa shape index (κ3) is 3.13. The molecule has 0 aliphatic rings. The summed E-state index contributed by atoms with van der Waals surface area (Å²) in [5, 5.41) is 12.1. The maximum atomic E-state index is 12.7. The Morgan fingerprint density at radius 1 is 1.13 bits per heavy atom. The van der Waals surface area contributed by atoms with Crippen LogP contribution in [-0.4, -0.2) is 23.5 Å². The highest BCUT2D eigenvalue weighted by molar-refractivity contribution is 9.10. The van der Waals surface area contributed by atoms with E-state index < -0.39 is 12.6 Å². The van der Waals surface area contributed by atoms with E-state index in [-0.39, 0.29) is 5.78 Å². The molecule has 0 aliphatic heterocycles. The molecule has 4 nitrogen and oxygen atoms in total. The third-order valence-electron chi connectivity index (χ3n) is 3.28. The number of carboxylic acids is 1. The first-order valence-corrected chi connectivity index (χ1v) is 8.39. The first-order valence-electron chi connectivity index (χ1n) is 6.72. The Labute approximate surface area is 144 Å². The molecule has 0 amide bonds. The Bertz CT molecular complexity index is 887. The molecule has 0 unspecified atom stereocenters. The summed E-state index contributed by atoms with van der Waals surface area (Å²) in [6.07, 6.45) is 0. The molecule has 1 aromatic heterocycles. The predicted octanol–water partition coefficient (Wildman–Crippen LogP) is 4.36. The Balaban J connectivity index is 2.16. The summed E-state index contributed by atoms with van der Waals surface area (Å²) in [7, 11) is 0. The molecule has 0 radical (unpaired) electrons. The fraction of sp³-hybridized carbons (Fsp3) is 0.0588. The quantitative estimate of drug-likeness (QED) is 0.657. The topological polar surface area (TPSA) is 63.6 Å². The fourth-order valence-corrected chi connectivity index (χ4v) is 3.56. The molecule has 3 rings (SSSR count). The lowest BCUT2D eigenvalue weighted by Crippen LogP contribution is -2.10. The number of hydrogen-bond acceptors (Lipinski definition) is 4. The number of aliphatic carboxylic acids is 1. The number of halogens is 1. The van der Waals surface area contributed by atoms with Crippen molar-refractivity contribution in [1.82, 2.24) is 0 Å². The molecule has 1 heterocycles. The molecular weight excluding hydrogens is 380 g/mol. The molecule has 1 N–H and O–H groups in total. The van der Waals surface area contributed by atoms with Gasteiger partial charge in [-0.2, -0.15) is 0 Å². The largest absolute Gasteiger partial charge is 0.480 e. The molecule has 0 spiro atoms. The van der Waals surface area contributed by atoms with Gasteiger partial charge in [0.15, 0.2) is 6.61 Å². The number of fused-ring (bicyclic) bond motifs is 1. The molecule has 0 saturated heterocycles. The number of carbonyl (C=O) groups is 2. The van der Waals surface area contributed by atoms with E-state index in [0.717, 1.165) is 5.39 Å². The molecule has 0 aliphatic carbocycles. The minimum atomic E-state index is -1.06. The van der Waals surface area contributed by atoms with E-state index in [2.05, 4.69) is 15.9 Å². The predicted molar refractivity (Wildman–Crippen MR) is 92.5 cm³/mol. The van der Waals surface area contributed by atoms with Crippen LogP contribution < -0.4 is 4.74 Å². The van der Waals surface area contributed by atoms with Crippen LogP contribution in [0, 0.1) is 0 Å². The van der Waals surface area contributed by atoms with Gasteiger partial charge in [-0.3, -0.25) is 4.79 Å². The number of benzene rings is 2. The van der Waals surface area contributed by atoms with Gasteiger partial charge in [0.1, 0.15) is 5.75 Å². The second-order valence-electron chi connectivity index (χ2n) is 4.77. The van der Waals surface area contributed by atoms with Crippen LogP contribution in [0.15, 0.2) is 52.3 Å². The number of carbonyl (C=O) groups excluding carboxylic acids is 1. The van der Waals surface area contributed by atoms with E-state index in [4.69, 9.17) is 9.84 Å². The lowest BCUT2D eigenvalue weighted by molar-refractivity contribution is -0.139. The Morgan fingerprint density at radius 3 is 2.52 bits per heavy atom. The number of rotatable bonds is 5. The van der Waals surface area contributed by atoms with Gasteiger partial charge in [0.2, 0.25) is 5.78 Å². The van der Waals surface area contributed by atoms with E-state index in [1.54, 1.807) is 12.1 Å². The molecule has 2 aromatic carbocycles. The van der Waals surface area contributed by atoms with Gasteiger partial charge >= 0.3 is 5.97 Å². The Kier molecular flexibility index (Phi) is 4.45. The summed E-state index contributed by atoms with van der Waals surface area (Å²) in [6.45, 7) is -0.444. The lowest BCUT2D eigenvalue weighted by Gasteiger charge is -2.13. The number of ether oxygens (including phenoxy) is 1. The van der Waals surface area contributed by atoms with E-state index in [1.165, 1.54) is 11.3 Å². The van der Waals surface area contributed by atoms with Crippen LogP contribution in [0.4, 0.5) is 0 Å². The van der Waals surface area contributed by atoms with Gasteiger partial charge in [-0.05, 0) is 38.8 Å². The Hall–Kier alpha value is -2.18. The smallest absolute Gasteiger partial charge is 0.341 e.